The zero-order valence-electron chi connectivity index (χ0n) is 25.1. The molecule has 209 valence electrons. The molecule has 6 rings (SSSR count). The first-order valence-corrected chi connectivity index (χ1v) is 23.7. The molecular formula is C38H44NSiZr. The van der Waals surface area contributed by atoms with E-state index in [0.717, 1.165) is 6.04 Å². The van der Waals surface area contributed by atoms with Crippen molar-refractivity contribution in [2.75, 3.05) is 0 Å². The van der Waals surface area contributed by atoms with E-state index >= 15 is 0 Å². The molecule has 0 spiro atoms. The number of nitrogens with one attached hydrogen (secondary N) is 1. The van der Waals surface area contributed by atoms with Gasteiger partial charge in [-0.05, 0) is 11.1 Å². The number of rotatable bonds is 7. The average Bonchev–Trinajstić information content (AvgIpc) is 3.62. The summed E-state index contributed by atoms with van der Waals surface area (Å²) in [5.74, 6) is -0.680. The molecular weight excluding hydrogens is 590 g/mol. The van der Waals surface area contributed by atoms with Gasteiger partial charge in [0.15, 0.2) is 0 Å². The monoisotopic (exact) mass is 632 g/mol. The maximum Gasteiger partial charge on any atom is -0.0184 e. The van der Waals surface area contributed by atoms with Crippen molar-refractivity contribution < 1.29 is 21.2 Å². The van der Waals surface area contributed by atoms with Crippen molar-refractivity contribution in [2.45, 2.75) is 59.4 Å². The maximum absolute atomic E-state index is 4.43. The summed E-state index contributed by atoms with van der Waals surface area (Å²) in [5, 5.41) is 3.27. The van der Waals surface area contributed by atoms with Gasteiger partial charge in [-0.25, -0.2) is 0 Å². The fraction of sp³-hybridized carbons (Fsp3) is 0.263. The SMILES string of the molecule is CC1=C(C)C(C)[C]([Zr]([NH]C2CCCC2)[SiH](c2ccccc2)c2ccccc2)=C1C.c1ccc(-c2ccccc2)cc1. The van der Waals surface area contributed by atoms with Crippen molar-refractivity contribution in [3.8, 4) is 11.1 Å². The van der Waals surface area contributed by atoms with E-state index < -0.39 is 27.1 Å². The van der Waals surface area contributed by atoms with Gasteiger partial charge in [0, 0.05) is 0 Å². The smallest absolute Gasteiger partial charge is 0.0184 e. The third kappa shape index (κ3) is 7.26. The average molecular weight is 634 g/mol. The van der Waals surface area contributed by atoms with Gasteiger partial charge in [-0.1, -0.05) is 60.7 Å². The Morgan fingerprint density at radius 3 is 1.39 bits per heavy atom. The van der Waals surface area contributed by atoms with Gasteiger partial charge >= 0.3 is 187 Å². The molecule has 1 nitrogen and oxygen atoms in total. The third-order valence-electron chi connectivity index (χ3n) is 9.08. The van der Waals surface area contributed by atoms with E-state index in [4.69, 9.17) is 0 Å². The molecule has 0 aromatic heterocycles. The van der Waals surface area contributed by atoms with Crippen LogP contribution in [-0.2, 0) is 21.2 Å². The van der Waals surface area contributed by atoms with Crippen molar-refractivity contribution in [1.82, 2.24) is 3.26 Å². The first-order valence-electron chi connectivity index (χ1n) is 15.3. The number of hydrogen-bond acceptors (Lipinski definition) is 1. The summed E-state index contributed by atoms with van der Waals surface area (Å²) in [4.78, 5) is 0. The van der Waals surface area contributed by atoms with Crippen LogP contribution in [0.3, 0.4) is 0 Å². The summed E-state index contributed by atoms with van der Waals surface area (Å²) in [6.07, 6.45) is 5.56. The van der Waals surface area contributed by atoms with Gasteiger partial charge in [0.05, 0.1) is 0 Å². The van der Waals surface area contributed by atoms with E-state index in [1.165, 1.54) is 36.8 Å². The molecule has 0 amide bonds. The Labute approximate surface area is 257 Å². The third-order valence-corrected chi connectivity index (χ3v) is 28.9. The van der Waals surface area contributed by atoms with Crippen LogP contribution in [-0.4, -0.2) is 12.0 Å². The molecule has 1 saturated carbocycles. The largest absolute Gasteiger partial charge is 0.0622 e. The van der Waals surface area contributed by atoms with Gasteiger partial charge in [-0.3, -0.25) is 0 Å². The van der Waals surface area contributed by atoms with E-state index in [1.54, 1.807) is 27.1 Å². The Kier molecular flexibility index (Phi) is 10.6. The second kappa shape index (κ2) is 14.5. The quantitative estimate of drug-likeness (QED) is 0.202. The van der Waals surface area contributed by atoms with Gasteiger partial charge < -0.3 is 0 Å². The Hall–Kier alpha value is -2.58. The molecule has 0 saturated heterocycles. The van der Waals surface area contributed by atoms with Crippen LogP contribution < -0.4 is 13.6 Å². The van der Waals surface area contributed by atoms with Gasteiger partial charge in [0.25, 0.3) is 0 Å². The molecule has 1 fully saturated rings. The summed E-state index contributed by atoms with van der Waals surface area (Å²) in [6.45, 7) is 9.61. The van der Waals surface area contributed by atoms with Crippen LogP contribution in [0.15, 0.2) is 141 Å². The summed E-state index contributed by atoms with van der Waals surface area (Å²) in [5.41, 5.74) is 7.35. The molecule has 3 heteroatoms. The van der Waals surface area contributed by atoms with Crippen molar-refractivity contribution in [2.24, 2.45) is 5.92 Å². The minimum absolute atomic E-state index is 0.626. The normalized spacial score (nSPS) is 17.1. The molecule has 4 aromatic rings. The van der Waals surface area contributed by atoms with E-state index in [1.807, 2.05) is 15.4 Å². The summed E-state index contributed by atoms with van der Waals surface area (Å²) >= 11 is -2.14. The van der Waals surface area contributed by atoms with Gasteiger partial charge in [-0.15, -0.1) is 0 Å². The van der Waals surface area contributed by atoms with Crippen LogP contribution in [0.1, 0.15) is 53.4 Å². The van der Waals surface area contributed by atoms with Crippen LogP contribution in [0.2, 0.25) is 0 Å². The Balaban J connectivity index is 0.000000234. The summed E-state index contributed by atoms with van der Waals surface area (Å²) in [6, 6.07) is 44.6. The van der Waals surface area contributed by atoms with Crippen molar-refractivity contribution in [1.29, 1.82) is 0 Å². The van der Waals surface area contributed by atoms with Crippen molar-refractivity contribution >= 4 is 16.3 Å². The van der Waals surface area contributed by atoms with Crippen LogP contribution in [0.5, 0.6) is 0 Å². The van der Waals surface area contributed by atoms with Crippen LogP contribution in [0.25, 0.3) is 11.1 Å². The number of benzene rings is 4. The molecule has 1 unspecified atom stereocenters. The second-order valence-electron chi connectivity index (χ2n) is 11.6. The minimum atomic E-state index is -2.14. The van der Waals surface area contributed by atoms with E-state index in [0.29, 0.717) is 5.92 Å². The minimum Gasteiger partial charge on any atom is -0.0622 e. The van der Waals surface area contributed by atoms with Crippen LogP contribution in [0.4, 0.5) is 0 Å². The zero-order valence-corrected chi connectivity index (χ0v) is 28.7. The standard InChI is InChI=1S/C12H11Si.C12H10.C9H13.C5H10N.Zr/c1-3-7-11(8-4-1)13-12-9-5-2-6-10-12;1-3-7-11(8-4-1)12-9-5-2-6-10-12;1-6-5-7(2)9(4)8(6)3;6-5-3-1-2-4-5;/h1-10,13H;1-10H;6H,1-4H3;5-6H,1-4H2;/q;;;-1;+1. The molecule has 0 radical (unpaired) electrons. The topological polar surface area (TPSA) is 12.0 Å². The predicted octanol–water partition coefficient (Wildman–Crippen LogP) is 8.20. The molecule has 41 heavy (non-hydrogen) atoms. The fourth-order valence-electron chi connectivity index (χ4n) is 6.48. The number of allylic oxidation sites excluding steroid dienone is 4. The summed E-state index contributed by atoms with van der Waals surface area (Å²) < 4.78 is 6.29. The van der Waals surface area contributed by atoms with Gasteiger partial charge in [0.2, 0.25) is 0 Å². The van der Waals surface area contributed by atoms with Crippen molar-refractivity contribution in [3.05, 3.63) is 141 Å². The Bertz CT molecular complexity index is 1360. The fourth-order valence-corrected chi connectivity index (χ4v) is 30.0. The number of hydrogen-bond donors (Lipinski definition) is 1. The first-order chi connectivity index (χ1) is 20.0. The molecule has 0 aliphatic heterocycles. The second-order valence-corrected chi connectivity index (χ2v) is 25.5. The van der Waals surface area contributed by atoms with Crippen LogP contribution in [0, 0.1) is 5.92 Å². The van der Waals surface area contributed by atoms with E-state index in [2.05, 4.69) is 140 Å². The van der Waals surface area contributed by atoms with E-state index in [9.17, 15) is 0 Å². The first kappa shape index (κ1) is 29.9. The maximum atomic E-state index is 4.43. The van der Waals surface area contributed by atoms with E-state index in [-0.39, 0.29) is 0 Å². The Morgan fingerprint density at radius 1 is 0.585 bits per heavy atom. The molecule has 4 aromatic carbocycles. The molecule has 0 bridgehead atoms. The Morgan fingerprint density at radius 2 is 1.00 bits per heavy atom. The molecule has 2 aliphatic rings. The zero-order chi connectivity index (χ0) is 28.6. The molecule has 1 N–H and O–H groups in total. The van der Waals surface area contributed by atoms with Gasteiger partial charge in [0.1, 0.15) is 0 Å². The molecule has 0 heterocycles. The summed E-state index contributed by atoms with van der Waals surface area (Å²) in [7, 11) is 0. The van der Waals surface area contributed by atoms with Gasteiger partial charge in [-0.2, -0.15) is 0 Å². The predicted molar refractivity (Wildman–Crippen MR) is 177 cm³/mol. The van der Waals surface area contributed by atoms with Crippen molar-refractivity contribution in [3.63, 3.8) is 0 Å². The molecule has 2 aliphatic carbocycles. The van der Waals surface area contributed by atoms with Crippen LogP contribution >= 0.6 is 0 Å². The molecule has 1 atom stereocenters.